The number of carbonyl (C=O) groups excluding carboxylic acids is 1. The lowest BCUT2D eigenvalue weighted by Gasteiger charge is -2.07. The van der Waals surface area contributed by atoms with Gasteiger partial charge < -0.3 is 4.74 Å². The Bertz CT molecular complexity index is 240. The van der Waals surface area contributed by atoms with Crippen LogP contribution in [0.3, 0.4) is 0 Å². The lowest BCUT2D eigenvalue weighted by Crippen LogP contribution is -2.17. The molecule has 0 N–H and O–H groups in total. The third-order valence-corrected chi connectivity index (χ3v) is 3.25. The van der Waals surface area contributed by atoms with E-state index in [0.29, 0.717) is 6.54 Å². The summed E-state index contributed by atoms with van der Waals surface area (Å²) in [7, 11) is 0. The Labute approximate surface area is 105 Å². The molecule has 0 aromatic rings. The van der Waals surface area contributed by atoms with Crippen molar-refractivity contribution in [2.24, 2.45) is 0 Å². The second-order valence-corrected chi connectivity index (χ2v) is 4.75. The van der Waals surface area contributed by atoms with Crippen molar-refractivity contribution in [3.05, 3.63) is 12.8 Å². The molecule has 1 aliphatic rings. The molecule has 0 radical (unpaired) electrons. The molecule has 0 aromatic heterocycles. The predicted molar refractivity (Wildman–Crippen MR) is 69.8 cm³/mol. The molecule has 0 saturated carbocycles. The number of nitrogens with zero attached hydrogens (tertiary/aromatic N) is 1. The van der Waals surface area contributed by atoms with Crippen LogP contribution in [0.25, 0.3) is 0 Å². The van der Waals surface area contributed by atoms with Crippen LogP contribution in [-0.2, 0) is 4.74 Å². The minimum absolute atomic E-state index is 0.0798. The second kappa shape index (κ2) is 8.15. The van der Waals surface area contributed by atoms with Gasteiger partial charge in [-0.05, 0) is 12.8 Å². The first kappa shape index (κ1) is 14.1. The minimum Gasteiger partial charge on any atom is -0.444 e. The molecule has 1 amide bonds. The lowest BCUT2D eigenvalue weighted by molar-refractivity contribution is 0.130. The first-order valence-electron chi connectivity index (χ1n) is 6.87. The zero-order valence-electron chi connectivity index (χ0n) is 11.0. The van der Waals surface area contributed by atoms with Crippen molar-refractivity contribution in [2.45, 2.75) is 64.4 Å². The van der Waals surface area contributed by atoms with Gasteiger partial charge in [-0.2, -0.15) is 0 Å². The van der Waals surface area contributed by atoms with Crippen LogP contribution in [0, 0.1) is 0 Å². The maximum Gasteiger partial charge on any atom is 0.414 e. The fourth-order valence-corrected chi connectivity index (χ4v) is 2.17. The topological polar surface area (TPSA) is 29.5 Å². The largest absolute Gasteiger partial charge is 0.444 e. The second-order valence-electron chi connectivity index (χ2n) is 4.75. The monoisotopic (exact) mass is 239 g/mol. The Kier molecular flexibility index (Phi) is 6.75. The molecular weight excluding hydrogens is 214 g/mol. The van der Waals surface area contributed by atoms with Crippen LogP contribution in [-0.4, -0.2) is 23.6 Å². The van der Waals surface area contributed by atoms with Gasteiger partial charge in [-0.25, -0.2) is 4.79 Å². The number of cyclic esters (lactones) is 1. The highest BCUT2D eigenvalue weighted by Crippen LogP contribution is 2.17. The van der Waals surface area contributed by atoms with Crippen LogP contribution < -0.4 is 0 Å². The summed E-state index contributed by atoms with van der Waals surface area (Å²) in [5.41, 5.74) is 0. The summed E-state index contributed by atoms with van der Waals surface area (Å²) in [6.07, 6.45) is 11.5. The van der Waals surface area contributed by atoms with E-state index in [-0.39, 0.29) is 12.2 Å². The number of carbonyl (C=O) groups is 1. The summed E-state index contributed by atoms with van der Waals surface area (Å²) in [6.45, 7) is 6.51. The summed E-state index contributed by atoms with van der Waals surface area (Å²) in [6, 6.07) is 0. The minimum atomic E-state index is -0.243. The van der Waals surface area contributed by atoms with E-state index in [1.54, 1.807) is 11.1 Å². The highest BCUT2D eigenvalue weighted by atomic mass is 16.6. The number of hydrogen-bond acceptors (Lipinski definition) is 2. The summed E-state index contributed by atoms with van der Waals surface area (Å²) < 4.78 is 5.23. The SMILES string of the molecule is C=CN1CC(CCCCCCCCC)OC1=O. The molecule has 17 heavy (non-hydrogen) atoms. The smallest absolute Gasteiger partial charge is 0.414 e. The predicted octanol–water partition coefficient (Wildman–Crippen LogP) is 4.09. The van der Waals surface area contributed by atoms with Gasteiger partial charge in [0.1, 0.15) is 6.10 Å². The standard InChI is InChI=1S/C14H25NO2/c1-3-5-6-7-8-9-10-11-13-12-15(4-2)14(16)17-13/h4,13H,2-3,5-12H2,1H3. The third kappa shape index (κ3) is 5.24. The Morgan fingerprint density at radius 3 is 2.53 bits per heavy atom. The average Bonchev–Trinajstić information content (AvgIpc) is 2.68. The van der Waals surface area contributed by atoms with Crippen molar-refractivity contribution < 1.29 is 9.53 Å². The maximum atomic E-state index is 11.3. The van der Waals surface area contributed by atoms with Gasteiger partial charge in [-0.1, -0.05) is 52.0 Å². The zero-order chi connectivity index (χ0) is 12.5. The van der Waals surface area contributed by atoms with Gasteiger partial charge in [0.2, 0.25) is 0 Å². The van der Waals surface area contributed by atoms with Crippen molar-refractivity contribution in [3.8, 4) is 0 Å². The molecule has 0 aromatic carbocycles. The molecule has 0 spiro atoms. The molecule has 3 nitrogen and oxygen atoms in total. The van der Waals surface area contributed by atoms with Crippen molar-refractivity contribution in [1.82, 2.24) is 4.90 Å². The molecule has 0 aliphatic carbocycles. The first-order chi connectivity index (χ1) is 8.27. The van der Waals surface area contributed by atoms with E-state index in [4.69, 9.17) is 4.74 Å². The van der Waals surface area contributed by atoms with E-state index >= 15 is 0 Å². The van der Waals surface area contributed by atoms with Gasteiger partial charge in [0, 0.05) is 6.20 Å². The molecule has 1 heterocycles. The summed E-state index contributed by atoms with van der Waals surface area (Å²) in [5, 5.41) is 0. The van der Waals surface area contributed by atoms with E-state index in [2.05, 4.69) is 13.5 Å². The Morgan fingerprint density at radius 1 is 1.29 bits per heavy atom. The summed E-state index contributed by atoms with van der Waals surface area (Å²) in [4.78, 5) is 12.8. The van der Waals surface area contributed by atoms with E-state index in [1.807, 2.05) is 0 Å². The van der Waals surface area contributed by atoms with Gasteiger partial charge in [0.15, 0.2) is 0 Å². The van der Waals surface area contributed by atoms with Crippen LogP contribution >= 0.6 is 0 Å². The number of unbranched alkanes of at least 4 members (excludes halogenated alkanes) is 6. The fourth-order valence-electron chi connectivity index (χ4n) is 2.17. The summed E-state index contributed by atoms with van der Waals surface area (Å²) in [5.74, 6) is 0. The normalized spacial score (nSPS) is 19.5. The van der Waals surface area contributed by atoms with Crippen LogP contribution in [0.1, 0.15) is 58.3 Å². The number of amides is 1. The Hall–Kier alpha value is -0.990. The fraction of sp³-hybridized carbons (Fsp3) is 0.786. The highest BCUT2D eigenvalue weighted by Gasteiger charge is 2.28. The zero-order valence-corrected chi connectivity index (χ0v) is 11.0. The third-order valence-electron chi connectivity index (χ3n) is 3.25. The van der Waals surface area contributed by atoms with Gasteiger partial charge in [-0.3, -0.25) is 4.90 Å². The molecule has 1 atom stereocenters. The van der Waals surface area contributed by atoms with Gasteiger partial charge >= 0.3 is 6.09 Å². The lowest BCUT2D eigenvalue weighted by atomic mass is 10.1. The molecule has 1 aliphatic heterocycles. The highest BCUT2D eigenvalue weighted by molar-refractivity contribution is 5.70. The number of rotatable bonds is 9. The van der Waals surface area contributed by atoms with Crippen LogP contribution in [0.5, 0.6) is 0 Å². The van der Waals surface area contributed by atoms with Crippen molar-refractivity contribution >= 4 is 6.09 Å². The Morgan fingerprint density at radius 2 is 1.94 bits per heavy atom. The van der Waals surface area contributed by atoms with Crippen molar-refractivity contribution in [1.29, 1.82) is 0 Å². The number of hydrogen-bond donors (Lipinski definition) is 0. The maximum absolute atomic E-state index is 11.3. The molecule has 1 rings (SSSR count). The van der Waals surface area contributed by atoms with Crippen LogP contribution in [0.15, 0.2) is 12.8 Å². The molecule has 1 saturated heterocycles. The molecular formula is C14H25NO2. The van der Waals surface area contributed by atoms with E-state index < -0.39 is 0 Å². The molecule has 98 valence electrons. The quantitative estimate of drug-likeness (QED) is 0.567. The number of ether oxygens (including phenoxy) is 1. The van der Waals surface area contributed by atoms with Gasteiger partial charge in [0.25, 0.3) is 0 Å². The van der Waals surface area contributed by atoms with E-state index in [9.17, 15) is 4.79 Å². The molecule has 3 heteroatoms. The van der Waals surface area contributed by atoms with Crippen LogP contribution in [0.2, 0.25) is 0 Å². The molecule has 1 fully saturated rings. The van der Waals surface area contributed by atoms with E-state index in [0.717, 1.165) is 12.8 Å². The van der Waals surface area contributed by atoms with Gasteiger partial charge in [0.05, 0.1) is 6.54 Å². The Balaban J connectivity index is 1.97. The van der Waals surface area contributed by atoms with Crippen molar-refractivity contribution in [2.75, 3.05) is 6.54 Å². The van der Waals surface area contributed by atoms with Crippen LogP contribution in [0.4, 0.5) is 4.79 Å². The van der Waals surface area contributed by atoms with E-state index in [1.165, 1.54) is 38.5 Å². The molecule has 1 unspecified atom stereocenters. The first-order valence-corrected chi connectivity index (χ1v) is 6.87. The summed E-state index contributed by atoms with van der Waals surface area (Å²) >= 11 is 0. The molecule has 0 bridgehead atoms. The van der Waals surface area contributed by atoms with Gasteiger partial charge in [-0.15, -0.1) is 0 Å². The van der Waals surface area contributed by atoms with Crippen molar-refractivity contribution in [3.63, 3.8) is 0 Å². The average molecular weight is 239 g/mol.